The molecule has 0 amide bonds. The van der Waals surface area contributed by atoms with Gasteiger partial charge in [0.1, 0.15) is 0 Å². The molecule has 0 radical (unpaired) electrons. The predicted octanol–water partition coefficient (Wildman–Crippen LogP) is 0.778. The van der Waals surface area contributed by atoms with E-state index in [1.165, 1.54) is 0 Å². The van der Waals surface area contributed by atoms with Gasteiger partial charge in [0.2, 0.25) is 0 Å². The van der Waals surface area contributed by atoms with Crippen LogP contribution in [0.2, 0.25) is 0 Å². The quantitative estimate of drug-likeness (QED) is 0.306. The Morgan fingerprint density at radius 1 is 1.39 bits per heavy atom. The van der Waals surface area contributed by atoms with Crippen LogP contribution < -0.4 is 0 Å². The van der Waals surface area contributed by atoms with E-state index in [0.717, 1.165) is 25.3 Å². The average Bonchev–Trinajstić information content (AvgIpc) is 2.36. The van der Waals surface area contributed by atoms with Gasteiger partial charge in [0, 0.05) is 12.7 Å². The lowest BCUT2D eigenvalue weighted by atomic mass is 10.3. The molecule has 0 aliphatic carbocycles. The van der Waals surface area contributed by atoms with Gasteiger partial charge < -0.3 is 24.8 Å². The van der Waals surface area contributed by atoms with E-state index in [9.17, 15) is 4.79 Å². The van der Waals surface area contributed by atoms with Crippen molar-refractivity contribution in [3.63, 3.8) is 0 Å². The van der Waals surface area contributed by atoms with Crippen LogP contribution in [-0.2, 0) is 14.3 Å². The van der Waals surface area contributed by atoms with E-state index in [0.29, 0.717) is 6.61 Å². The summed E-state index contributed by atoms with van der Waals surface area (Å²) in [5.74, 6) is -0.981. The summed E-state index contributed by atoms with van der Waals surface area (Å²) in [6, 6.07) is 0. The molecule has 0 aliphatic heterocycles. The Hall–Kier alpha value is -0.950. The maximum absolute atomic E-state index is 9.25. The van der Waals surface area contributed by atoms with Gasteiger partial charge in [0.25, 0.3) is 0 Å². The summed E-state index contributed by atoms with van der Waals surface area (Å²) in [5, 5.41) is 25.1. The second-order valence-electron chi connectivity index (χ2n) is 3.37. The molecule has 0 spiro atoms. The zero-order valence-corrected chi connectivity index (χ0v) is 10.9. The van der Waals surface area contributed by atoms with Crippen molar-refractivity contribution in [2.24, 2.45) is 0 Å². The highest BCUT2D eigenvalue weighted by molar-refractivity contribution is 5.78. The molecule has 0 saturated heterocycles. The smallest absolute Gasteiger partial charge is 0.327 e. The minimum atomic E-state index is -0.981. The maximum atomic E-state index is 9.25. The molecule has 6 nitrogen and oxygen atoms in total. The fourth-order valence-electron chi connectivity index (χ4n) is 0.868. The van der Waals surface area contributed by atoms with E-state index in [1.807, 2.05) is 0 Å². The van der Waals surface area contributed by atoms with Crippen LogP contribution in [0, 0.1) is 0 Å². The topological polar surface area (TPSA) is 96.2 Å². The molecule has 1 unspecified atom stereocenters. The van der Waals surface area contributed by atoms with Gasteiger partial charge in [-0.2, -0.15) is 0 Å². The molecule has 0 aromatic carbocycles. The van der Waals surface area contributed by atoms with Crippen LogP contribution in [0.25, 0.3) is 0 Å². The summed E-state index contributed by atoms with van der Waals surface area (Å²) < 4.78 is 9.92. The van der Waals surface area contributed by atoms with E-state index < -0.39 is 12.3 Å². The second-order valence-corrected chi connectivity index (χ2v) is 3.37. The molecule has 0 aromatic rings. The summed E-state index contributed by atoms with van der Waals surface area (Å²) in [6.07, 6.45) is 3.20. The van der Waals surface area contributed by atoms with E-state index in [2.05, 4.69) is 13.5 Å². The summed E-state index contributed by atoms with van der Waals surface area (Å²) in [6.45, 7) is 5.99. The Balaban J connectivity index is 0. The fraction of sp³-hybridized carbons (Fsp3) is 0.750. The molecule has 6 heteroatoms. The first-order valence-electron chi connectivity index (χ1n) is 5.92. The molecular weight excluding hydrogens is 240 g/mol. The second kappa shape index (κ2) is 16.1. The Morgan fingerprint density at radius 3 is 2.44 bits per heavy atom. The van der Waals surface area contributed by atoms with Gasteiger partial charge in [-0.15, -0.1) is 0 Å². The van der Waals surface area contributed by atoms with E-state index >= 15 is 0 Å². The van der Waals surface area contributed by atoms with Crippen LogP contribution in [0.3, 0.4) is 0 Å². The summed E-state index contributed by atoms with van der Waals surface area (Å²) in [5.41, 5.74) is 0. The number of unbranched alkanes of at least 4 members (excludes halogenated alkanes) is 2. The zero-order chi connectivity index (χ0) is 14.2. The number of aliphatic hydroxyl groups excluding tert-OH is 2. The van der Waals surface area contributed by atoms with Gasteiger partial charge in [-0.1, -0.05) is 26.3 Å². The van der Waals surface area contributed by atoms with Crippen molar-refractivity contribution < 1.29 is 29.6 Å². The standard InChI is InChI=1S/C9H20O4.C3H4O2/c1-2-3-4-6-13-9(11)8-12-7-5-10;1-2-3(4)5/h9-11H,2-8H2,1H3;2H,1H2,(H,4,5). The molecule has 0 rings (SSSR count). The lowest BCUT2D eigenvalue weighted by Gasteiger charge is -2.11. The van der Waals surface area contributed by atoms with Crippen molar-refractivity contribution >= 4 is 5.97 Å². The largest absolute Gasteiger partial charge is 0.478 e. The fourth-order valence-corrected chi connectivity index (χ4v) is 0.868. The number of ether oxygens (including phenoxy) is 2. The molecule has 0 bridgehead atoms. The molecule has 0 saturated carbocycles. The van der Waals surface area contributed by atoms with Crippen LogP contribution in [0.1, 0.15) is 26.2 Å². The third-order valence-corrected chi connectivity index (χ3v) is 1.73. The predicted molar refractivity (Wildman–Crippen MR) is 67.2 cm³/mol. The number of rotatable bonds is 10. The highest BCUT2D eigenvalue weighted by Crippen LogP contribution is 1.96. The van der Waals surface area contributed by atoms with Crippen molar-refractivity contribution in [1.29, 1.82) is 0 Å². The minimum absolute atomic E-state index is 0.0252. The molecule has 108 valence electrons. The monoisotopic (exact) mass is 264 g/mol. The molecule has 1 atom stereocenters. The van der Waals surface area contributed by atoms with Gasteiger partial charge in [-0.25, -0.2) is 4.79 Å². The highest BCUT2D eigenvalue weighted by atomic mass is 16.6. The first-order valence-corrected chi connectivity index (χ1v) is 5.92. The van der Waals surface area contributed by atoms with Crippen molar-refractivity contribution in [3.05, 3.63) is 12.7 Å². The van der Waals surface area contributed by atoms with Gasteiger partial charge in [0.05, 0.1) is 19.8 Å². The number of aliphatic hydroxyl groups is 2. The van der Waals surface area contributed by atoms with Crippen LogP contribution >= 0.6 is 0 Å². The summed E-state index contributed by atoms with van der Waals surface area (Å²) in [7, 11) is 0. The molecule has 0 aromatic heterocycles. The Bertz CT molecular complexity index is 195. The normalized spacial score (nSPS) is 11.3. The average molecular weight is 264 g/mol. The van der Waals surface area contributed by atoms with Gasteiger partial charge in [0.15, 0.2) is 6.29 Å². The molecule has 0 aliphatic rings. The number of carboxylic acid groups (broad SMARTS) is 1. The van der Waals surface area contributed by atoms with Crippen LogP contribution in [-0.4, -0.2) is 54.0 Å². The molecular formula is C12H24O6. The third-order valence-electron chi connectivity index (χ3n) is 1.73. The molecule has 18 heavy (non-hydrogen) atoms. The number of carboxylic acids is 1. The zero-order valence-electron chi connectivity index (χ0n) is 10.9. The van der Waals surface area contributed by atoms with Crippen molar-refractivity contribution in [3.8, 4) is 0 Å². The van der Waals surface area contributed by atoms with Crippen LogP contribution in [0.4, 0.5) is 0 Å². The molecule has 3 N–H and O–H groups in total. The lowest BCUT2D eigenvalue weighted by molar-refractivity contribution is -0.140. The molecule has 0 fully saturated rings. The van der Waals surface area contributed by atoms with E-state index in [1.54, 1.807) is 0 Å². The SMILES string of the molecule is C=CC(=O)O.CCCCCOC(O)COCCO. The third kappa shape index (κ3) is 20.5. The van der Waals surface area contributed by atoms with E-state index in [-0.39, 0.29) is 19.8 Å². The van der Waals surface area contributed by atoms with Crippen molar-refractivity contribution in [2.45, 2.75) is 32.5 Å². The highest BCUT2D eigenvalue weighted by Gasteiger charge is 2.02. The number of carbonyl (C=O) groups is 1. The van der Waals surface area contributed by atoms with Crippen molar-refractivity contribution in [2.75, 3.05) is 26.4 Å². The van der Waals surface area contributed by atoms with Crippen LogP contribution in [0.15, 0.2) is 12.7 Å². The number of hydrogen-bond donors (Lipinski definition) is 3. The lowest BCUT2D eigenvalue weighted by Crippen LogP contribution is -2.20. The van der Waals surface area contributed by atoms with Gasteiger partial charge in [-0.05, 0) is 6.42 Å². The van der Waals surface area contributed by atoms with Gasteiger partial charge >= 0.3 is 5.97 Å². The summed E-state index contributed by atoms with van der Waals surface area (Å²) in [4.78, 5) is 9.25. The number of hydrogen-bond acceptors (Lipinski definition) is 5. The Morgan fingerprint density at radius 2 is 2.00 bits per heavy atom. The summed E-state index contributed by atoms with van der Waals surface area (Å²) >= 11 is 0. The van der Waals surface area contributed by atoms with Crippen molar-refractivity contribution in [1.82, 2.24) is 0 Å². The maximum Gasteiger partial charge on any atom is 0.327 e. The first kappa shape index (κ1) is 19.4. The Labute approximate surface area is 108 Å². The van der Waals surface area contributed by atoms with Crippen LogP contribution in [0.5, 0.6) is 0 Å². The molecule has 0 heterocycles. The Kier molecular flexibility index (Phi) is 17.3. The number of aliphatic carboxylic acids is 1. The van der Waals surface area contributed by atoms with E-state index in [4.69, 9.17) is 24.8 Å². The minimum Gasteiger partial charge on any atom is -0.478 e. The van der Waals surface area contributed by atoms with Gasteiger partial charge in [-0.3, -0.25) is 0 Å². The first-order chi connectivity index (χ1) is 8.58.